The van der Waals surface area contributed by atoms with Gasteiger partial charge in [0.15, 0.2) is 5.17 Å². The van der Waals surface area contributed by atoms with Crippen molar-refractivity contribution in [3.05, 3.63) is 69.8 Å². The van der Waals surface area contributed by atoms with Gasteiger partial charge in [0.25, 0.3) is 11.6 Å². The molecule has 128 valence electrons. The molecule has 2 aromatic carbocycles. The van der Waals surface area contributed by atoms with Crippen LogP contribution >= 0.6 is 11.8 Å². The highest BCUT2D eigenvalue weighted by molar-refractivity contribution is 8.13. The Morgan fingerprint density at radius 2 is 2.00 bits per heavy atom. The summed E-state index contributed by atoms with van der Waals surface area (Å²) in [6, 6.07) is 14.0. The smallest absolute Gasteiger partial charge is 0.272 e. The molecule has 7 heteroatoms. The molecule has 0 aliphatic carbocycles. The lowest BCUT2D eigenvalue weighted by Crippen LogP contribution is -2.39. The second-order valence-corrected chi connectivity index (χ2v) is 6.71. The molecule has 0 spiro atoms. The fourth-order valence-electron chi connectivity index (χ4n) is 2.60. The number of para-hydroxylation sites is 1. The summed E-state index contributed by atoms with van der Waals surface area (Å²) in [5, 5.41) is 11.6. The minimum atomic E-state index is -0.442. The van der Waals surface area contributed by atoms with Gasteiger partial charge in [0, 0.05) is 29.5 Å². The van der Waals surface area contributed by atoms with Gasteiger partial charge in [-0.05, 0) is 37.6 Å². The van der Waals surface area contributed by atoms with Crippen molar-refractivity contribution in [1.82, 2.24) is 4.90 Å². The first kappa shape index (κ1) is 17.2. The number of carbonyl (C=O) groups excluding carboxylic acids is 1. The number of hydrogen-bond donors (Lipinski definition) is 0. The zero-order valence-electron chi connectivity index (χ0n) is 13.7. The summed E-state index contributed by atoms with van der Waals surface area (Å²) in [6.45, 7) is 2.23. The monoisotopic (exact) mass is 355 g/mol. The summed E-state index contributed by atoms with van der Waals surface area (Å²) >= 11 is 1.55. The zero-order valence-corrected chi connectivity index (χ0v) is 14.5. The molecule has 1 heterocycles. The van der Waals surface area contributed by atoms with Crippen molar-refractivity contribution < 1.29 is 9.72 Å². The van der Waals surface area contributed by atoms with Crippen LogP contribution in [-0.2, 0) is 0 Å². The van der Waals surface area contributed by atoms with Gasteiger partial charge in [-0.2, -0.15) is 0 Å². The van der Waals surface area contributed by atoms with Gasteiger partial charge in [-0.3, -0.25) is 19.8 Å². The summed E-state index contributed by atoms with van der Waals surface area (Å²) in [5.74, 6) is 0.731. The average Bonchev–Trinajstić information content (AvgIpc) is 2.62. The van der Waals surface area contributed by atoms with Crippen LogP contribution in [0.5, 0.6) is 0 Å². The van der Waals surface area contributed by atoms with Crippen LogP contribution in [0.25, 0.3) is 0 Å². The Morgan fingerprint density at radius 3 is 2.68 bits per heavy atom. The van der Waals surface area contributed by atoms with Crippen LogP contribution in [0.4, 0.5) is 11.4 Å². The summed E-state index contributed by atoms with van der Waals surface area (Å²) in [5.41, 5.74) is 1.72. The van der Waals surface area contributed by atoms with Crippen molar-refractivity contribution in [1.29, 1.82) is 0 Å². The SMILES string of the molecule is Cc1cc(C(=O)N2CCCSC2=Nc2ccccc2)ccc1[N+](=O)[O-]. The molecule has 25 heavy (non-hydrogen) atoms. The average molecular weight is 355 g/mol. The third-order valence-electron chi connectivity index (χ3n) is 3.85. The third kappa shape index (κ3) is 3.88. The standard InChI is InChI=1S/C18H17N3O3S/c1-13-12-14(8-9-16(13)21(23)24)17(22)20-10-5-11-25-18(20)19-15-6-3-2-4-7-15/h2-4,6-9,12H,5,10-11H2,1H3. The molecule has 2 aromatic rings. The van der Waals surface area contributed by atoms with Crippen LogP contribution in [0.3, 0.4) is 0 Å². The van der Waals surface area contributed by atoms with E-state index < -0.39 is 4.92 Å². The first-order valence-electron chi connectivity index (χ1n) is 7.90. The summed E-state index contributed by atoms with van der Waals surface area (Å²) in [7, 11) is 0. The van der Waals surface area contributed by atoms with E-state index in [0.29, 0.717) is 22.8 Å². The molecule has 0 N–H and O–H groups in total. The first-order chi connectivity index (χ1) is 12.1. The van der Waals surface area contributed by atoms with E-state index in [-0.39, 0.29) is 11.6 Å². The van der Waals surface area contributed by atoms with E-state index in [1.165, 1.54) is 12.1 Å². The van der Waals surface area contributed by atoms with E-state index in [4.69, 9.17) is 0 Å². The number of aryl methyl sites for hydroxylation is 1. The van der Waals surface area contributed by atoms with Crippen molar-refractivity contribution in [3.63, 3.8) is 0 Å². The Balaban J connectivity index is 1.90. The quantitative estimate of drug-likeness (QED) is 0.612. The number of nitrogens with zero attached hydrogens (tertiary/aromatic N) is 3. The highest BCUT2D eigenvalue weighted by atomic mass is 32.2. The number of nitro groups is 1. The summed E-state index contributed by atoms with van der Waals surface area (Å²) in [6.07, 6.45) is 0.885. The maximum absolute atomic E-state index is 12.9. The molecular weight excluding hydrogens is 338 g/mol. The molecule has 0 unspecified atom stereocenters. The number of hydrogen-bond acceptors (Lipinski definition) is 5. The second-order valence-electron chi connectivity index (χ2n) is 5.65. The predicted octanol–water partition coefficient (Wildman–Crippen LogP) is 4.17. The van der Waals surface area contributed by atoms with Crippen LogP contribution in [0.1, 0.15) is 22.3 Å². The van der Waals surface area contributed by atoms with Crippen molar-refractivity contribution in [2.45, 2.75) is 13.3 Å². The normalized spacial score (nSPS) is 16.0. The number of thioether (sulfide) groups is 1. The van der Waals surface area contributed by atoms with Crippen LogP contribution in [0.15, 0.2) is 53.5 Å². The Morgan fingerprint density at radius 1 is 1.24 bits per heavy atom. The van der Waals surface area contributed by atoms with Crippen molar-refractivity contribution in [3.8, 4) is 0 Å². The van der Waals surface area contributed by atoms with E-state index in [2.05, 4.69) is 4.99 Å². The number of aliphatic imine (C=N–C) groups is 1. The van der Waals surface area contributed by atoms with Gasteiger partial charge < -0.3 is 0 Å². The van der Waals surface area contributed by atoms with Crippen LogP contribution in [0.2, 0.25) is 0 Å². The van der Waals surface area contributed by atoms with Crippen LogP contribution in [0, 0.1) is 17.0 Å². The van der Waals surface area contributed by atoms with Crippen molar-refractivity contribution in [2.24, 2.45) is 4.99 Å². The lowest BCUT2D eigenvalue weighted by molar-refractivity contribution is -0.385. The van der Waals surface area contributed by atoms with Crippen molar-refractivity contribution >= 4 is 34.2 Å². The molecule has 0 atom stereocenters. The maximum Gasteiger partial charge on any atom is 0.272 e. The van der Waals surface area contributed by atoms with E-state index in [1.807, 2.05) is 30.3 Å². The lowest BCUT2D eigenvalue weighted by atomic mass is 10.1. The van der Waals surface area contributed by atoms with Gasteiger partial charge in [-0.25, -0.2) is 4.99 Å². The predicted molar refractivity (Wildman–Crippen MR) is 99.5 cm³/mol. The Kier molecular flexibility index (Phi) is 5.14. The number of amides is 1. The zero-order chi connectivity index (χ0) is 17.8. The highest BCUT2D eigenvalue weighted by Crippen LogP contribution is 2.25. The van der Waals surface area contributed by atoms with Crippen LogP contribution < -0.4 is 0 Å². The topological polar surface area (TPSA) is 75.8 Å². The summed E-state index contributed by atoms with van der Waals surface area (Å²) in [4.78, 5) is 29.6. The first-order valence-corrected chi connectivity index (χ1v) is 8.88. The third-order valence-corrected chi connectivity index (χ3v) is 4.92. The van der Waals surface area contributed by atoms with Gasteiger partial charge in [0.05, 0.1) is 10.6 Å². The Labute approximate surface area is 149 Å². The van der Waals surface area contributed by atoms with Gasteiger partial charge in [0.2, 0.25) is 0 Å². The molecule has 1 saturated heterocycles. The molecule has 0 radical (unpaired) electrons. The lowest BCUT2D eigenvalue weighted by Gasteiger charge is -2.28. The minimum Gasteiger partial charge on any atom is -0.287 e. The maximum atomic E-state index is 12.9. The van der Waals surface area contributed by atoms with Gasteiger partial charge in [-0.15, -0.1) is 0 Å². The molecule has 1 aliphatic rings. The van der Waals surface area contributed by atoms with Gasteiger partial charge >= 0.3 is 0 Å². The highest BCUT2D eigenvalue weighted by Gasteiger charge is 2.26. The number of benzene rings is 2. The number of amidine groups is 1. The minimum absolute atomic E-state index is 0.0164. The fraction of sp³-hybridized carbons (Fsp3) is 0.222. The molecule has 3 rings (SSSR count). The van der Waals surface area contributed by atoms with E-state index in [1.54, 1.807) is 29.7 Å². The van der Waals surface area contributed by atoms with Crippen molar-refractivity contribution in [2.75, 3.05) is 12.3 Å². The molecular formula is C18H17N3O3S. The number of rotatable bonds is 3. The van der Waals surface area contributed by atoms with Gasteiger partial charge in [0.1, 0.15) is 0 Å². The molecule has 0 saturated carbocycles. The van der Waals surface area contributed by atoms with Crippen LogP contribution in [-0.4, -0.2) is 33.2 Å². The molecule has 6 nitrogen and oxygen atoms in total. The summed E-state index contributed by atoms with van der Waals surface area (Å²) < 4.78 is 0. The van der Waals surface area contributed by atoms with Gasteiger partial charge in [-0.1, -0.05) is 30.0 Å². The van der Waals surface area contributed by atoms with E-state index in [0.717, 1.165) is 17.9 Å². The molecule has 1 amide bonds. The largest absolute Gasteiger partial charge is 0.287 e. The molecule has 0 bridgehead atoms. The molecule has 1 fully saturated rings. The fourth-order valence-corrected chi connectivity index (χ4v) is 3.56. The van der Waals surface area contributed by atoms with E-state index in [9.17, 15) is 14.9 Å². The molecule has 1 aliphatic heterocycles. The second kappa shape index (κ2) is 7.48. The number of nitro benzene ring substituents is 1. The number of carbonyl (C=O) groups is 1. The van der Waals surface area contributed by atoms with E-state index >= 15 is 0 Å². The Hall–Kier alpha value is -2.67. The molecule has 0 aromatic heterocycles. The Bertz CT molecular complexity index is 837.